The van der Waals surface area contributed by atoms with Gasteiger partial charge in [0.2, 0.25) is 0 Å². The molecule has 0 spiro atoms. The normalized spacial score (nSPS) is 11.8. The maximum atomic E-state index is 15.2. The van der Waals surface area contributed by atoms with Crippen molar-refractivity contribution >= 4 is 10.9 Å². The van der Waals surface area contributed by atoms with Crippen molar-refractivity contribution < 1.29 is 18.6 Å². The maximum absolute atomic E-state index is 15.2. The molecule has 0 N–H and O–H groups in total. The summed E-state index contributed by atoms with van der Waals surface area (Å²) in [6.45, 7) is 2.00. The Morgan fingerprint density at radius 1 is 0.895 bits per heavy atom. The topological polar surface area (TPSA) is 75.5 Å². The highest BCUT2D eigenvalue weighted by atomic mass is 19.1. The summed E-state index contributed by atoms with van der Waals surface area (Å²) in [5, 5.41) is 0.634. The van der Waals surface area contributed by atoms with E-state index in [1.54, 1.807) is 44.6 Å². The van der Waals surface area contributed by atoms with Crippen LogP contribution in [0.1, 0.15) is 24.2 Å². The van der Waals surface area contributed by atoms with Crippen LogP contribution < -0.4 is 19.8 Å². The minimum absolute atomic E-state index is 0.00939. The van der Waals surface area contributed by atoms with Crippen LogP contribution in [0.3, 0.4) is 0 Å². The molecule has 5 rings (SSSR count). The number of benzene rings is 3. The van der Waals surface area contributed by atoms with Crippen molar-refractivity contribution in [2.45, 2.75) is 12.8 Å². The van der Waals surface area contributed by atoms with Crippen LogP contribution in [0.2, 0.25) is 0 Å². The van der Waals surface area contributed by atoms with Crippen molar-refractivity contribution in [2.75, 3.05) is 14.2 Å². The van der Waals surface area contributed by atoms with Gasteiger partial charge in [-0.15, -0.1) is 0 Å². The number of hydrogen-bond donors (Lipinski definition) is 0. The van der Waals surface area contributed by atoms with Gasteiger partial charge in [-0.25, -0.2) is 9.37 Å². The summed E-state index contributed by atoms with van der Waals surface area (Å²) >= 11 is 0. The first-order valence-electron chi connectivity index (χ1n) is 12.0. The fourth-order valence-electron chi connectivity index (χ4n) is 4.51. The quantitative estimate of drug-likeness (QED) is 0.263. The SMILES string of the molecule is COc1ccc2c(Oc3ccc(-c4cnc([C@H](C)c5ccccc5)n(C)c4=O)cc3F)ccnc2c1OC. The van der Waals surface area contributed by atoms with Gasteiger partial charge < -0.3 is 14.2 Å². The molecule has 0 aliphatic rings. The zero-order valence-corrected chi connectivity index (χ0v) is 21.4. The van der Waals surface area contributed by atoms with Gasteiger partial charge in [0, 0.05) is 30.7 Å². The van der Waals surface area contributed by atoms with E-state index in [-0.39, 0.29) is 17.2 Å². The second kappa shape index (κ2) is 10.3. The van der Waals surface area contributed by atoms with Gasteiger partial charge >= 0.3 is 0 Å². The summed E-state index contributed by atoms with van der Waals surface area (Å²) in [6, 6.07) is 19.4. The van der Waals surface area contributed by atoms with Crippen molar-refractivity contribution in [1.29, 1.82) is 0 Å². The van der Waals surface area contributed by atoms with Gasteiger partial charge in [0.25, 0.3) is 5.56 Å². The molecule has 0 bridgehead atoms. The van der Waals surface area contributed by atoms with E-state index in [9.17, 15) is 4.79 Å². The Kier molecular flexibility index (Phi) is 6.79. The third-order valence-corrected chi connectivity index (χ3v) is 6.57. The van der Waals surface area contributed by atoms with E-state index in [4.69, 9.17) is 14.2 Å². The second-order valence-electron chi connectivity index (χ2n) is 8.78. The molecule has 0 saturated heterocycles. The molecule has 0 amide bonds. The van der Waals surface area contributed by atoms with Crippen LogP contribution in [-0.2, 0) is 7.05 Å². The van der Waals surface area contributed by atoms with E-state index >= 15 is 4.39 Å². The molecule has 2 heterocycles. The van der Waals surface area contributed by atoms with Crippen LogP contribution in [-0.4, -0.2) is 28.8 Å². The minimum atomic E-state index is -0.614. The molecule has 3 aromatic carbocycles. The molecule has 0 radical (unpaired) electrons. The van der Waals surface area contributed by atoms with Crippen LogP contribution in [0.25, 0.3) is 22.0 Å². The lowest BCUT2D eigenvalue weighted by molar-refractivity contribution is 0.358. The lowest BCUT2D eigenvalue weighted by Gasteiger charge is -2.16. The average molecular weight is 512 g/mol. The summed E-state index contributed by atoms with van der Waals surface area (Å²) in [6.07, 6.45) is 3.06. The first kappa shape index (κ1) is 25.0. The number of nitrogens with zero attached hydrogens (tertiary/aromatic N) is 3. The van der Waals surface area contributed by atoms with Gasteiger partial charge in [0.15, 0.2) is 23.1 Å². The number of pyridine rings is 1. The van der Waals surface area contributed by atoms with Crippen molar-refractivity contribution in [1.82, 2.24) is 14.5 Å². The number of aromatic nitrogens is 3. The summed E-state index contributed by atoms with van der Waals surface area (Å²) < 4.78 is 33.5. The third kappa shape index (κ3) is 4.45. The first-order chi connectivity index (χ1) is 18.4. The molecular formula is C30H26FN3O4. The number of ether oxygens (including phenoxy) is 3. The Hall–Kier alpha value is -4.72. The van der Waals surface area contributed by atoms with E-state index < -0.39 is 5.82 Å². The van der Waals surface area contributed by atoms with E-state index in [1.165, 1.54) is 30.0 Å². The van der Waals surface area contributed by atoms with Crippen molar-refractivity contribution in [2.24, 2.45) is 7.05 Å². The fraction of sp³-hybridized carbons (Fsp3) is 0.167. The van der Waals surface area contributed by atoms with Crippen LogP contribution in [0, 0.1) is 5.82 Å². The number of hydrogen-bond acceptors (Lipinski definition) is 6. The Balaban J connectivity index is 1.47. The Morgan fingerprint density at radius 3 is 2.37 bits per heavy atom. The zero-order chi connectivity index (χ0) is 26.8. The molecule has 192 valence electrons. The van der Waals surface area contributed by atoms with Gasteiger partial charge in [-0.05, 0) is 41.5 Å². The predicted molar refractivity (Wildman–Crippen MR) is 144 cm³/mol. The molecule has 5 aromatic rings. The molecule has 0 fully saturated rings. The minimum Gasteiger partial charge on any atom is -0.493 e. The van der Waals surface area contributed by atoms with Crippen molar-refractivity contribution in [3.8, 4) is 34.1 Å². The maximum Gasteiger partial charge on any atom is 0.261 e. The number of rotatable bonds is 7. The van der Waals surface area contributed by atoms with Crippen LogP contribution in [0.4, 0.5) is 4.39 Å². The Morgan fingerprint density at radius 2 is 1.66 bits per heavy atom. The fourth-order valence-corrected chi connectivity index (χ4v) is 4.51. The van der Waals surface area contributed by atoms with Gasteiger partial charge in [-0.2, -0.15) is 0 Å². The van der Waals surface area contributed by atoms with E-state index in [1.807, 2.05) is 37.3 Å². The summed E-state index contributed by atoms with van der Waals surface area (Å²) in [7, 11) is 4.75. The highest BCUT2D eigenvalue weighted by molar-refractivity contribution is 5.92. The standard InChI is InChI=1S/C30H26FN3O4/c1-18(19-8-6-5-7-9-19)29-33-17-22(30(35)34(29)2)20-10-12-25(23(31)16-20)38-24-14-15-32-27-21(24)11-13-26(36-3)28(27)37-4/h5-18H,1-4H3/t18-/m1/s1. The average Bonchev–Trinajstić information content (AvgIpc) is 2.95. The number of methoxy groups -OCH3 is 2. The smallest absolute Gasteiger partial charge is 0.261 e. The number of fused-ring (bicyclic) bond motifs is 1. The second-order valence-corrected chi connectivity index (χ2v) is 8.78. The first-order valence-corrected chi connectivity index (χ1v) is 12.0. The zero-order valence-electron chi connectivity index (χ0n) is 21.4. The van der Waals surface area contributed by atoms with Crippen LogP contribution in [0.5, 0.6) is 23.0 Å². The summed E-state index contributed by atoms with van der Waals surface area (Å²) in [4.78, 5) is 22.1. The Bertz CT molecular complexity index is 1690. The lowest BCUT2D eigenvalue weighted by Crippen LogP contribution is -2.25. The molecule has 0 saturated carbocycles. The van der Waals surface area contributed by atoms with Gasteiger partial charge in [0.05, 0.1) is 19.8 Å². The largest absolute Gasteiger partial charge is 0.493 e. The summed E-state index contributed by atoms with van der Waals surface area (Å²) in [5.74, 6) is 1.33. The number of halogens is 1. The van der Waals surface area contributed by atoms with Crippen LogP contribution >= 0.6 is 0 Å². The molecule has 8 heteroatoms. The predicted octanol–water partition coefficient (Wildman–Crippen LogP) is 6.10. The molecule has 7 nitrogen and oxygen atoms in total. The highest BCUT2D eigenvalue weighted by Crippen LogP contribution is 2.39. The highest BCUT2D eigenvalue weighted by Gasteiger charge is 2.18. The third-order valence-electron chi connectivity index (χ3n) is 6.57. The van der Waals surface area contributed by atoms with Crippen molar-refractivity contribution in [3.05, 3.63) is 107 Å². The van der Waals surface area contributed by atoms with E-state index in [0.717, 1.165) is 5.56 Å². The molecule has 38 heavy (non-hydrogen) atoms. The lowest BCUT2D eigenvalue weighted by atomic mass is 10.00. The van der Waals surface area contributed by atoms with Crippen LogP contribution in [0.15, 0.2) is 83.9 Å². The molecule has 0 unspecified atom stereocenters. The molecular weight excluding hydrogens is 485 g/mol. The van der Waals surface area contributed by atoms with Gasteiger partial charge in [-0.3, -0.25) is 14.3 Å². The molecule has 1 atom stereocenters. The van der Waals surface area contributed by atoms with Crippen molar-refractivity contribution in [3.63, 3.8) is 0 Å². The van der Waals surface area contributed by atoms with Gasteiger partial charge in [0.1, 0.15) is 17.1 Å². The van der Waals surface area contributed by atoms with Gasteiger partial charge in [-0.1, -0.05) is 43.3 Å². The Labute approximate surface area is 219 Å². The molecule has 0 aliphatic heterocycles. The molecule has 2 aromatic heterocycles. The monoisotopic (exact) mass is 511 g/mol. The summed E-state index contributed by atoms with van der Waals surface area (Å²) in [5.41, 5.74) is 2.03. The van der Waals surface area contributed by atoms with E-state index in [0.29, 0.717) is 45.1 Å². The van der Waals surface area contributed by atoms with E-state index in [2.05, 4.69) is 9.97 Å². The molecule has 0 aliphatic carbocycles.